The molecule has 1 aromatic heterocycles. The van der Waals surface area contributed by atoms with E-state index in [0.717, 1.165) is 54.5 Å². The average molecular weight is 488 g/mol. The Bertz CT molecular complexity index is 1270. The minimum Gasteiger partial charge on any atom is -0.490 e. The molecule has 0 radical (unpaired) electrons. The minimum absolute atomic E-state index is 0.00469. The molecule has 3 aromatic rings. The van der Waals surface area contributed by atoms with Crippen molar-refractivity contribution in [2.24, 2.45) is 0 Å². The molecule has 7 nitrogen and oxygen atoms in total. The average Bonchev–Trinajstić information content (AvgIpc) is 3.52. The second kappa shape index (κ2) is 10.1. The van der Waals surface area contributed by atoms with Gasteiger partial charge in [0.15, 0.2) is 0 Å². The molecule has 0 spiro atoms. The molecule has 1 atom stereocenters. The molecule has 0 saturated carbocycles. The summed E-state index contributed by atoms with van der Waals surface area (Å²) in [6, 6.07) is 14.3. The van der Waals surface area contributed by atoms with Crippen LogP contribution in [0.3, 0.4) is 0 Å². The van der Waals surface area contributed by atoms with Crippen molar-refractivity contribution in [2.75, 3.05) is 26.2 Å². The van der Waals surface area contributed by atoms with Crippen molar-refractivity contribution in [3.8, 4) is 32.8 Å². The van der Waals surface area contributed by atoms with Crippen LogP contribution in [0, 0.1) is 11.3 Å². The highest BCUT2D eigenvalue weighted by Crippen LogP contribution is 2.41. The van der Waals surface area contributed by atoms with Crippen LogP contribution in [-0.2, 0) is 6.42 Å². The van der Waals surface area contributed by atoms with Crippen molar-refractivity contribution >= 4 is 17.4 Å². The van der Waals surface area contributed by atoms with E-state index >= 15 is 0 Å². The summed E-state index contributed by atoms with van der Waals surface area (Å²) >= 11 is 1.62. The van der Waals surface area contributed by atoms with E-state index in [1.54, 1.807) is 11.3 Å². The molecule has 2 heterocycles. The first-order chi connectivity index (χ1) is 17.0. The highest BCUT2D eigenvalue weighted by Gasteiger charge is 2.28. The van der Waals surface area contributed by atoms with Crippen molar-refractivity contribution in [3.05, 3.63) is 59.3 Å². The Morgan fingerprint density at radius 1 is 1.29 bits per heavy atom. The van der Waals surface area contributed by atoms with E-state index in [1.807, 2.05) is 43.1 Å². The molecule has 0 bridgehead atoms. The molecule has 5 rings (SSSR count). The van der Waals surface area contributed by atoms with Crippen LogP contribution in [0.1, 0.15) is 43.0 Å². The Balaban J connectivity index is 1.37. The highest BCUT2D eigenvalue weighted by atomic mass is 32.1. The van der Waals surface area contributed by atoms with Crippen molar-refractivity contribution in [1.82, 2.24) is 20.5 Å². The molecule has 2 N–H and O–H groups in total. The van der Waals surface area contributed by atoms with Gasteiger partial charge in [0.25, 0.3) is 0 Å². The number of rotatable bonds is 5. The maximum atomic E-state index is 12.8. The van der Waals surface area contributed by atoms with Crippen LogP contribution in [0.5, 0.6) is 5.75 Å². The van der Waals surface area contributed by atoms with Gasteiger partial charge in [0.2, 0.25) is 0 Å². The summed E-state index contributed by atoms with van der Waals surface area (Å²) in [5.41, 5.74) is 5.07. The van der Waals surface area contributed by atoms with Crippen molar-refractivity contribution < 1.29 is 9.53 Å². The third kappa shape index (κ3) is 4.88. The molecule has 8 heteroatoms. The quantitative estimate of drug-likeness (QED) is 0.543. The zero-order chi connectivity index (χ0) is 24.4. The van der Waals surface area contributed by atoms with Crippen LogP contribution >= 0.6 is 11.3 Å². The number of nitriles is 1. The van der Waals surface area contributed by atoms with E-state index in [2.05, 4.69) is 39.9 Å². The zero-order valence-corrected chi connectivity index (χ0v) is 20.8. The second-order valence-corrected chi connectivity index (χ2v) is 10.2. The number of thiazole rings is 1. The first kappa shape index (κ1) is 23.3. The number of hydrogen-bond donors (Lipinski definition) is 2. The van der Waals surface area contributed by atoms with Crippen LogP contribution < -0.4 is 15.4 Å². The number of nitrogens with one attached hydrogen (secondary N) is 2. The van der Waals surface area contributed by atoms with Crippen molar-refractivity contribution in [1.29, 1.82) is 5.26 Å². The summed E-state index contributed by atoms with van der Waals surface area (Å²) in [7, 11) is 0. The molecule has 2 aliphatic rings. The number of carbonyl (C=O) groups is 1. The van der Waals surface area contributed by atoms with E-state index in [1.165, 1.54) is 16.7 Å². The standard InChI is InChI=1S/C27H29N5O2S/c1-17(2)34-24-9-6-18(14-19(24)15-28)26-30-16-25(35-26)22-5-3-4-21-20(22)7-8-23(21)31-27(33)32-12-10-29-11-13-32/h3-6,9,14,16-17,23,29H,7-8,10-13H2,1-2H3,(H,31,33). The van der Waals surface area contributed by atoms with Gasteiger partial charge in [-0.2, -0.15) is 5.26 Å². The number of fused-ring (bicyclic) bond motifs is 1. The molecular weight excluding hydrogens is 458 g/mol. The summed E-state index contributed by atoms with van der Waals surface area (Å²) in [4.78, 5) is 20.4. The van der Waals surface area contributed by atoms with Gasteiger partial charge in [-0.25, -0.2) is 9.78 Å². The molecular formula is C27H29N5O2S. The molecule has 1 unspecified atom stereocenters. The first-order valence-electron chi connectivity index (χ1n) is 12.1. The van der Waals surface area contributed by atoms with Gasteiger partial charge < -0.3 is 20.3 Å². The lowest BCUT2D eigenvalue weighted by Gasteiger charge is -2.29. The fraction of sp³-hybridized carbons (Fsp3) is 0.370. The van der Waals surface area contributed by atoms with E-state index < -0.39 is 0 Å². The number of piperazine rings is 1. The van der Waals surface area contributed by atoms with E-state index in [0.29, 0.717) is 11.3 Å². The summed E-state index contributed by atoms with van der Waals surface area (Å²) in [6.45, 7) is 7.06. The van der Waals surface area contributed by atoms with Crippen LogP contribution in [0.15, 0.2) is 42.6 Å². The predicted molar refractivity (Wildman–Crippen MR) is 138 cm³/mol. The van der Waals surface area contributed by atoms with Crippen LogP contribution in [0.2, 0.25) is 0 Å². The predicted octanol–water partition coefficient (Wildman–Crippen LogP) is 4.74. The number of carbonyl (C=O) groups excluding carboxylic acids is 1. The smallest absolute Gasteiger partial charge is 0.317 e. The molecule has 2 amide bonds. The lowest BCUT2D eigenvalue weighted by atomic mass is 10.0. The SMILES string of the molecule is CC(C)Oc1ccc(-c2ncc(-c3cccc4c3CCC4NC(=O)N3CCNCC3)s2)cc1C#N. The number of benzene rings is 2. The lowest BCUT2D eigenvalue weighted by molar-refractivity contribution is 0.186. The topological polar surface area (TPSA) is 90.3 Å². The highest BCUT2D eigenvalue weighted by molar-refractivity contribution is 7.18. The Kier molecular flexibility index (Phi) is 6.71. The summed E-state index contributed by atoms with van der Waals surface area (Å²) < 4.78 is 5.75. The van der Waals surface area contributed by atoms with E-state index in [9.17, 15) is 10.1 Å². The molecule has 1 aliphatic carbocycles. The Labute approximate surface area is 209 Å². The van der Waals surface area contributed by atoms with Gasteiger partial charge in [0, 0.05) is 37.9 Å². The fourth-order valence-electron chi connectivity index (χ4n) is 4.78. The maximum Gasteiger partial charge on any atom is 0.317 e. The molecule has 35 heavy (non-hydrogen) atoms. The van der Waals surface area contributed by atoms with Gasteiger partial charge in [0.05, 0.1) is 22.6 Å². The van der Waals surface area contributed by atoms with Gasteiger partial charge in [-0.15, -0.1) is 11.3 Å². The Morgan fingerprint density at radius 2 is 2.11 bits per heavy atom. The summed E-state index contributed by atoms with van der Waals surface area (Å²) in [6.07, 6.45) is 3.74. The normalized spacial score (nSPS) is 17.2. The van der Waals surface area contributed by atoms with Gasteiger partial charge in [-0.05, 0) is 61.6 Å². The molecule has 180 valence electrons. The van der Waals surface area contributed by atoms with Gasteiger partial charge in [-0.1, -0.05) is 18.2 Å². The van der Waals surface area contributed by atoms with Crippen LogP contribution in [-0.4, -0.2) is 48.2 Å². The van der Waals surface area contributed by atoms with Crippen molar-refractivity contribution in [2.45, 2.75) is 38.8 Å². The summed E-state index contributed by atoms with van der Waals surface area (Å²) in [5, 5.41) is 17.0. The van der Waals surface area contributed by atoms with Crippen LogP contribution in [0.4, 0.5) is 4.79 Å². The van der Waals surface area contributed by atoms with E-state index in [-0.39, 0.29) is 18.2 Å². The largest absolute Gasteiger partial charge is 0.490 e. The zero-order valence-electron chi connectivity index (χ0n) is 20.0. The number of amides is 2. The monoisotopic (exact) mass is 487 g/mol. The van der Waals surface area contributed by atoms with Gasteiger partial charge in [0.1, 0.15) is 16.8 Å². The number of aromatic nitrogens is 1. The lowest BCUT2D eigenvalue weighted by Crippen LogP contribution is -2.50. The van der Waals surface area contributed by atoms with Gasteiger partial charge >= 0.3 is 6.03 Å². The minimum atomic E-state index is 0.00469. The second-order valence-electron chi connectivity index (χ2n) is 9.17. The number of nitrogens with zero attached hydrogens (tertiary/aromatic N) is 3. The third-order valence-corrected chi connectivity index (χ3v) is 7.53. The molecule has 2 aromatic carbocycles. The Morgan fingerprint density at radius 3 is 2.89 bits per heavy atom. The van der Waals surface area contributed by atoms with Crippen LogP contribution in [0.25, 0.3) is 21.0 Å². The number of urea groups is 1. The Hall–Kier alpha value is -3.41. The number of hydrogen-bond acceptors (Lipinski definition) is 6. The van der Waals surface area contributed by atoms with Crippen molar-refractivity contribution in [3.63, 3.8) is 0 Å². The molecule has 1 saturated heterocycles. The molecule has 1 aliphatic heterocycles. The fourth-order valence-corrected chi connectivity index (χ4v) is 5.75. The third-order valence-electron chi connectivity index (χ3n) is 6.45. The summed E-state index contributed by atoms with van der Waals surface area (Å²) in [5.74, 6) is 0.595. The molecule has 1 fully saturated rings. The first-order valence-corrected chi connectivity index (χ1v) is 12.9. The maximum absolute atomic E-state index is 12.8. The van der Waals surface area contributed by atoms with E-state index in [4.69, 9.17) is 4.74 Å². The van der Waals surface area contributed by atoms with Gasteiger partial charge in [-0.3, -0.25) is 0 Å². The number of ether oxygens (including phenoxy) is 1.